The second-order valence-electron chi connectivity index (χ2n) is 5.87. The molecule has 1 N–H and O–H groups in total. The van der Waals surface area contributed by atoms with E-state index in [2.05, 4.69) is 5.32 Å². The first-order valence-corrected chi connectivity index (χ1v) is 7.97. The maximum atomic E-state index is 12.2. The molecule has 0 spiro atoms. The van der Waals surface area contributed by atoms with Crippen LogP contribution >= 0.6 is 0 Å². The minimum Gasteiger partial charge on any atom is -0.425 e. The zero-order valence-corrected chi connectivity index (χ0v) is 13.8. The van der Waals surface area contributed by atoms with Gasteiger partial charge in [-0.3, -0.25) is 9.59 Å². The Hall–Kier alpha value is -3.15. The summed E-state index contributed by atoms with van der Waals surface area (Å²) in [5, 5.41) is 2.77. The van der Waals surface area contributed by atoms with E-state index in [4.69, 9.17) is 4.74 Å². The Morgan fingerprint density at radius 2 is 1.88 bits per heavy atom. The van der Waals surface area contributed by atoms with Crippen molar-refractivity contribution in [2.24, 2.45) is 0 Å². The van der Waals surface area contributed by atoms with E-state index in [9.17, 15) is 14.4 Å². The second-order valence-corrected chi connectivity index (χ2v) is 5.87. The molecule has 2 aromatic carbocycles. The number of hydrogen-bond acceptors (Lipinski definition) is 4. The molecule has 0 saturated carbocycles. The maximum absolute atomic E-state index is 12.2. The van der Waals surface area contributed by atoms with Gasteiger partial charge in [-0.05, 0) is 42.3 Å². The first-order valence-electron chi connectivity index (χ1n) is 7.97. The van der Waals surface area contributed by atoms with E-state index in [-0.39, 0.29) is 18.4 Å². The summed E-state index contributed by atoms with van der Waals surface area (Å²) in [5.41, 5.74) is 2.19. The van der Waals surface area contributed by atoms with Crippen molar-refractivity contribution < 1.29 is 19.1 Å². The maximum Gasteiger partial charge on any atom is 0.331 e. The van der Waals surface area contributed by atoms with Crippen LogP contribution in [-0.4, -0.2) is 36.3 Å². The van der Waals surface area contributed by atoms with Gasteiger partial charge in [-0.1, -0.05) is 18.2 Å². The van der Waals surface area contributed by atoms with E-state index in [1.807, 2.05) is 6.07 Å². The van der Waals surface area contributed by atoms with Crippen LogP contribution in [0.3, 0.4) is 0 Å². The van der Waals surface area contributed by atoms with E-state index in [1.165, 1.54) is 4.90 Å². The van der Waals surface area contributed by atoms with Gasteiger partial charge in [0.2, 0.25) is 5.91 Å². The summed E-state index contributed by atoms with van der Waals surface area (Å²) in [6.07, 6.45) is 1.03. The van der Waals surface area contributed by atoms with Crippen LogP contribution in [0.1, 0.15) is 22.3 Å². The Bertz CT molecular complexity index is 817. The van der Waals surface area contributed by atoms with Gasteiger partial charge in [-0.2, -0.15) is 0 Å². The third-order valence-corrected chi connectivity index (χ3v) is 3.94. The van der Waals surface area contributed by atoms with Gasteiger partial charge in [0.1, 0.15) is 12.3 Å². The van der Waals surface area contributed by atoms with Gasteiger partial charge in [0.15, 0.2) is 0 Å². The molecule has 0 aliphatic carbocycles. The van der Waals surface area contributed by atoms with Crippen molar-refractivity contribution in [2.75, 3.05) is 18.9 Å². The van der Waals surface area contributed by atoms with Crippen LogP contribution in [0.4, 0.5) is 5.69 Å². The van der Waals surface area contributed by atoms with Gasteiger partial charge >= 0.3 is 5.97 Å². The third kappa shape index (κ3) is 4.03. The fraction of sp³-hybridized carbons (Fsp3) is 0.211. The van der Waals surface area contributed by atoms with Crippen LogP contribution in [0.5, 0.6) is 5.75 Å². The number of amides is 2. The highest BCUT2D eigenvalue weighted by Crippen LogP contribution is 2.26. The predicted molar refractivity (Wildman–Crippen MR) is 92.4 cm³/mol. The second kappa shape index (κ2) is 7.17. The lowest BCUT2D eigenvalue weighted by Crippen LogP contribution is -2.34. The average Bonchev–Trinajstić information content (AvgIpc) is 2.61. The molecule has 0 unspecified atom stereocenters. The lowest BCUT2D eigenvalue weighted by Gasteiger charge is -2.18. The molecular formula is C19H18N2O4. The van der Waals surface area contributed by atoms with Crippen LogP contribution in [0.25, 0.3) is 0 Å². The average molecular weight is 338 g/mol. The molecule has 6 nitrogen and oxygen atoms in total. The van der Waals surface area contributed by atoms with E-state index < -0.39 is 5.97 Å². The monoisotopic (exact) mass is 338 g/mol. The summed E-state index contributed by atoms with van der Waals surface area (Å²) in [6, 6.07) is 13.8. The molecule has 0 atom stereocenters. The lowest BCUT2D eigenvalue weighted by atomic mass is 10.0. The molecule has 0 aromatic heterocycles. The number of rotatable bonds is 4. The number of fused-ring (bicyclic) bond motifs is 1. The van der Waals surface area contributed by atoms with E-state index in [0.29, 0.717) is 24.2 Å². The molecule has 2 aromatic rings. The number of aryl methyl sites for hydroxylation is 1. The number of benzene rings is 2. The van der Waals surface area contributed by atoms with Crippen molar-refractivity contribution in [3.05, 3.63) is 59.7 Å². The number of carbonyl (C=O) groups is 3. The molecule has 25 heavy (non-hydrogen) atoms. The zero-order valence-electron chi connectivity index (χ0n) is 13.8. The first kappa shape index (κ1) is 16.7. The summed E-state index contributed by atoms with van der Waals surface area (Å²) < 4.78 is 5.32. The number of nitrogens with one attached hydrogen (secondary N) is 1. The molecule has 0 radical (unpaired) electrons. The van der Waals surface area contributed by atoms with Gasteiger partial charge in [-0.25, -0.2) is 4.79 Å². The third-order valence-electron chi connectivity index (χ3n) is 3.94. The normalized spacial score (nSPS) is 12.8. The van der Waals surface area contributed by atoms with Crippen LogP contribution < -0.4 is 10.1 Å². The minimum absolute atomic E-state index is 0.0155. The van der Waals surface area contributed by atoms with Crippen molar-refractivity contribution in [3.8, 4) is 5.75 Å². The highest BCUT2D eigenvalue weighted by molar-refractivity contribution is 5.96. The Morgan fingerprint density at radius 1 is 1.12 bits per heavy atom. The van der Waals surface area contributed by atoms with Gasteiger partial charge in [-0.15, -0.1) is 0 Å². The largest absolute Gasteiger partial charge is 0.425 e. The SMILES string of the molecule is CN(CC(=O)Oc1ccc2c(c1)CCC(=O)N2)C(=O)c1ccccc1. The first-order chi connectivity index (χ1) is 12.0. The fourth-order valence-electron chi connectivity index (χ4n) is 2.65. The van der Waals surface area contributed by atoms with Gasteiger partial charge in [0.05, 0.1) is 0 Å². The summed E-state index contributed by atoms with van der Waals surface area (Å²) >= 11 is 0. The lowest BCUT2D eigenvalue weighted by molar-refractivity contribution is -0.134. The fourth-order valence-corrected chi connectivity index (χ4v) is 2.65. The topological polar surface area (TPSA) is 75.7 Å². The van der Waals surface area contributed by atoms with Crippen molar-refractivity contribution in [3.63, 3.8) is 0 Å². The molecule has 2 amide bonds. The standard InChI is InChI=1S/C19H18N2O4/c1-21(19(24)13-5-3-2-4-6-13)12-18(23)25-15-8-9-16-14(11-15)7-10-17(22)20-16/h2-6,8-9,11H,7,10,12H2,1H3,(H,20,22). The van der Waals surface area contributed by atoms with Crippen LogP contribution in [0.15, 0.2) is 48.5 Å². The van der Waals surface area contributed by atoms with Gasteiger partial charge in [0.25, 0.3) is 5.91 Å². The molecule has 1 aliphatic rings. The van der Waals surface area contributed by atoms with E-state index >= 15 is 0 Å². The zero-order chi connectivity index (χ0) is 17.8. The summed E-state index contributed by atoms with van der Waals surface area (Å²) in [4.78, 5) is 37.0. The summed E-state index contributed by atoms with van der Waals surface area (Å²) in [7, 11) is 1.55. The Morgan fingerprint density at radius 3 is 2.64 bits per heavy atom. The van der Waals surface area contributed by atoms with Gasteiger partial charge in [0, 0.05) is 24.7 Å². The number of anilines is 1. The number of carbonyl (C=O) groups excluding carboxylic acids is 3. The molecule has 6 heteroatoms. The molecule has 0 saturated heterocycles. The Balaban J connectivity index is 1.61. The molecule has 0 bridgehead atoms. The van der Waals surface area contributed by atoms with E-state index in [0.717, 1.165) is 11.3 Å². The van der Waals surface area contributed by atoms with Crippen molar-refractivity contribution in [2.45, 2.75) is 12.8 Å². The molecule has 1 heterocycles. The van der Waals surface area contributed by atoms with Crippen molar-refractivity contribution in [1.82, 2.24) is 4.90 Å². The molecular weight excluding hydrogens is 320 g/mol. The number of likely N-dealkylation sites (N-methyl/N-ethyl adjacent to an activating group) is 1. The van der Waals surface area contributed by atoms with Crippen molar-refractivity contribution in [1.29, 1.82) is 0 Å². The Kier molecular flexibility index (Phi) is 4.79. The van der Waals surface area contributed by atoms with Crippen LogP contribution in [0, 0.1) is 0 Å². The number of ether oxygens (including phenoxy) is 1. The highest BCUT2D eigenvalue weighted by atomic mass is 16.5. The highest BCUT2D eigenvalue weighted by Gasteiger charge is 2.18. The quantitative estimate of drug-likeness (QED) is 0.685. The molecule has 1 aliphatic heterocycles. The molecule has 0 fully saturated rings. The number of nitrogens with zero attached hydrogens (tertiary/aromatic N) is 1. The predicted octanol–water partition coefficient (Wildman–Crippen LogP) is 2.25. The number of hydrogen-bond donors (Lipinski definition) is 1. The summed E-state index contributed by atoms with van der Waals surface area (Å²) in [6.45, 7) is -0.151. The van der Waals surface area contributed by atoms with Crippen molar-refractivity contribution >= 4 is 23.5 Å². The van der Waals surface area contributed by atoms with Crippen LogP contribution in [-0.2, 0) is 16.0 Å². The van der Waals surface area contributed by atoms with E-state index in [1.54, 1.807) is 49.5 Å². The minimum atomic E-state index is -0.522. The van der Waals surface area contributed by atoms with Crippen LogP contribution in [0.2, 0.25) is 0 Å². The molecule has 128 valence electrons. The smallest absolute Gasteiger partial charge is 0.331 e. The van der Waals surface area contributed by atoms with Gasteiger partial charge < -0.3 is 15.0 Å². The summed E-state index contributed by atoms with van der Waals surface area (Å²) in [5.74, 6) is -0.379. The molecule has 3 rings (SSSR count). The Labute approximate surface area is 145 Å². The number of esters is 1.